The quantitative estimate of drug-likeness (QED) is 0.838. The first kappa shape index (κ1) is 14.4. The zero-order valence-electron chi connectivity index (χ0n) is 12.2. The van der Waals surface area contributed by atoms with Crippen LogP contribution in [-0.2, 0) is 0 Å². The summed E-state index contributed by atoms with van der Waals surface area (Å²) in [5.74, 6) is 2.53. The van der Waals surface area contributed by atoms with Crippen molar-refractivity contribution in [3.05, 3.63) is 29.0 Å². The molecule has 21 heavy (non-hydrogen) atoms. The maximum atomic E-state index is 6.18. The van der Waals surface area contributed by atoms with E-state index in [4.69, 9.17) is 21.9 Å². The van der Waals surface area contributed by atoms with Gasteiger partial charge in [-0.05, 0) is 49.8 Å². The Kier molecular flexibility index (Phi) is 4.15. The van der Waals surface area contributed by atoms with Gasteiger partial charge in [-0.15, -0.1) is 0 Å². The van der Waals surface area contributed by atoms with Crippen LogP contribution in [0.4, 0.5) is 5.69 Å². The van der Waals surface area contributed by atoms with Crippen molar-refractivity contribution in [3.8, 4) is 11.5 Å². The molecule has 1 aromatic heterocycles. The summed E-state index contributed by atoms with van der Waals surface area (Å²) in [5.41, 5.74) is 7.14. The van der Waals surface area contributed by atoms with Crippen molar-refractivity contribution < 1.29 is 4.52 Å². The van der Waals surface area contributed by atoms with Crippen LogP contribution in [0, 0.1) is 5.92 Å². The lowest BCUT2D eigenvalue weighted by Crippen LogP contribution is -2.13. The predicted molar refractivity (Wildman–Crippen MR) is 84.1 cm³/mol. The smallest absolute Gasteiger partial charge is 0.259 e. The molecule has 112 valence electrons. The Morgan fingerprint density at radius 1 is 1.29 bits per heavy atom. The lowest BCUT2D eigenvalue weighted by molar-refractivity contribution is 0.305. The Morgan fingerprint density at radius 3 is 2.76 bits per heavy atom. The molecule has 0 radical (unpaired) electrons. The van der Waals surface area contributed by atoms with Crippen molar-refractivity contribution >= 4 is 17.3 Å². The molecule has 1 fully saturated rings. The third-order valence-corrected chi connectivity index (χ3v) is 4.78. The molecule has 1 saturated carbocycles. The van der Waals surface area contributed by atoms with Gasteiger partial charge in [0.15, 0.2) is 5.82 Å². The highest BCUT2D eigenvalue weighted by molar-refractivity contribution is 6.33. The molecular formula is C16H20ClN3O. The summed E-state index contributed by atoms with van der Waals surface area (Å²) in [5, 5.41) is 4.73. The fourth-order valence-corrected chi connectivity index (χ4v) is 3.24. The van der Waals surface area contributed by atoms with Crippen LogP contribution in [0.2, 0.25) is 5.02 Å². The van der Waals surface area contributed by atoms with Gasteiger partial charge in [0.1, 0.15) is 0 Å². The van der Waals surface area contributed by atoms with E-state index in [0.717, 1.165) is 24.6 Å². The van der Waals surface area contributed by atoms with Crippen molar-refractivity contribution in [2.24, 2.45) is 5.92 Å². The Labute approximate surface area is 129 Å². The number of hydrogen-bond acceptors (Lipinski definition) is 4. The number of rotatable bonds is 3. The first-order valence-corrected chi connectivity index (χ1v) is 7.94. The summed E-state index contributed by atoms with van der Waals surface area (Å²) in [6, 6.07) is 5.28. The Balaban J connectivity index is 1.79. The fourth-order valence-electron chi connectivity index (χ4n) is 3.05. The van der Waals surface area contributed by atoms with E-state index in [1.165, 1.54) is 19.3 Å². The monoisotopic (exact) mass is 305 g/mol. The number of aromatic nitrogens is 2. The zero-order valence-corrected chi connectivity index (χ0v) is 12.9. The molecular weight excluding hydrogens is 286 g/mol. The molecule has 0 amide bonds. The van der Waals surface area contributed by atoms with Gasteiger partial charge < -0.3 is 10.3 Å². The second-order valence-electron chi connectivity index (χ2n) is 5.82. The SMILES string of the molecule is CCC1CCC(c2noc(-c3cc(N)ccc3Cl)n2)CC1. The van der Waals surface area contributed by atoms with Crippen molar-refractivity contribution in [1.29, 1.82) is 0 Å². The van der Waals surface area contributed by atoms with Gasteiger partial charge >= 0.3 is 0 Å². The molecule has 0 aliphatic heterocycles. The lowest BCUT2D eigenvalue weighted by atomic mass is 9.80. The van der Waals surface area contributed by atoms with E-state index in [1.807, 2.05) is 0 Å². The van der Waals surface area contributed by atoms with Gasteiger partial charge in [-0.25, -0.2) is 0 Å². The van der Waals surface area contributed by atoms with E-state index in [0.29, 0.717) is 28.1 Å². The van der Waals surface area contributed by atoms with Gasteiger partial charge in [0.25, 0.3) is 5.89 Å². The first-order chi connectivity index (χ1) is 10.2. The number of nitrogens with two attached hydrogens (primary N) is 1. The van der Waals surface area contributed by atoms with E-state index < -0.39 is 0 Å². The number of nitrogen functional groups attached to an aromatic ring is 1. The minimum absolute atomic E-state index is 0.408. The number of hydrogen-bond donors (Lipinski definition) is 1. The van der Waals surface area contributed by atoms with Crippen LogP contribution in [0.15, 0.2) is 22.7 Å². The van der Waals surface area contributed by atoms with Gasteiger partial charge in [0, 0.05) is 11.6 Å². The highest BCUT2D eigenvalue weighted by Gasteiger charge is 2.25. The van der Waals surface area contributed by atoms with Crippen LogP contribution in [-0.4, -0.2) is 10.1 Å². The zero-order chi connectivity index (χ0) is 14.8. The summed E-state index contributed by atoms with van der Waals surface area (Å²) in [4.78, 5) is 4.54. The van der Waals surface area contributed by atoms with Gasteiger partial charge in [-0.2, -0.15) is 4.98 Å². The van der Waals surface area contributed by atoms with Gasteiger partial charge in [-0.3, -0.25) is 0 Å². The topological polar surface area (TPSA) is 64.9 Å². The summed E-state index contributed by atoms with van der Waals surface area (Å²) in [6.07, 6.45) is 6.06. The average molecular weight is 306 g/mol. The Hall–Kier alpha value is -1.55. The fraction of sp³-hybridized carbons (Fsp3) is 0.500. The van der Waals surface area contributed by atoms with Crippen LogP contribution in [0.5, 0.6) is 0 Å². The van der Waals surface area contributed by atoms with Crippen LogP contribution >= 0.6 is 11.6 Å². The van der Waals surface area contributed by atoms with E-state index >= 15 is 0 Å². The summed E-state index contributed by atoms with van der Waals surface area (Å²) in [6.45, 7) is 2.26. The Bertz CT molecular complexity index is 618. The summed E-state index contributed by atoms with van der Waals surface area (Å²) < 4.78 is 5.39. The third-order valence-electron chi connectivity index (χ3n) is 4.45. The first-order valence-electron chi connectivity index (χ1n) is 7.56. The molecule has 1 aliphatic carbocycles. The van der Waals surface area contributed by atoms with Crippen LogP contribution < -0.4 is 5.73 Å². The Morgan fingerprint density at radius 2 is 2.05 bits per heavy atom. The molecule has 0 unspecified atom stereocenters. The molecule has 4 nitrogen and oxygen atoms in total. The highest BCUT2D eigenvalue weighted by atomic mass is 35.5. The molecule has 1 heterocycles. The summed E-state index contributed by atoms with van der Waals surface area (Å²) >= 11 is 6.18. The second-order valence-corrected chi connectivity index (χ2v) is 6.23. The number of anilines is 1. The molecule has 1 aromatic carbocycles. The second kappa shape index (κ2) is 6.06. The standard InChI is InChI=1S/C16H20ClN3O/c1-2-10-3-5-11(6-4-10)15-19-16(21-20-15)13-9-12(18)7-8-14(13)17/h7-11H,2-6,18H2,1H3. The minimum Gasteiger partial charge on any atom is -0.399 e. The minimum atomic E-state index is 0.408. The molecule has 5 heteroatoms. The molecule has 0 atom stereocenters. The van der Waals surface area contributed by atoms with Gasteiger partial charge in [-0.1, -0.05) is 30.1 Å². The van der Waals surface area contributed by atoms with Crippen LogP contribution in [0.3, 0.4) is 0 Å². The largest absolute Gasteiger partial charge is 0.399 e. The van der Waals surface area contributed by atoms with E-state index in [-0.39, 0.29) is 0 Å². The van der Waals surface area contributed by atoms with Crippen LogP contribution in [0.1, 0.15) is 50.8 Å². The van der Waals surface area contributed by atoms with Gasteiger partial charge in [0.2, 0.25) is 0 Å². The number of nitrogens with zero attached hydrogens (tertiary/aromatic N) is 2. The maximum absolute atomic E-state index is 6.18. The lowest BCUT2D eigenvalue weighted by Gasteiger charge is -2.25. The number of benzene rings is 1. The predicted octanol–water partition coefficient (Wildman–Crippen LogP) is 4.66. The third kappa shape index (κ3) is 3.05. The molecule has 2 aromatic rings. The maximum Gasteiger partial charge on any atom is 0.259 e. The van der Waals surface area contributed by atoms with Crippen LogP contribution in [0.25, 0.3) is 11.5 Å². The van der Waals surface area contributed by atoms with Crippen molar-refractivity contribution in [2.75, 3.05) is 5.73 Å². The molecule has 3 rings (SSSR count). The molecule has 0 spiro atoms. The number of halogens is 1. The van der Waals surface area contributed by atoms with Gasteiger partial charge in [0.05, 0.1) is 10.6 Å². The van der Waals surface area contributed by atoms with E-state index in [2.05, 4.69) is 17.1 Å². The van der Waals surface area contributed by atoms with E-state index in [1.54, 1.807) is 18.2 Å². The van der Waals surface area contributed by atoms with E-state index in [9.17, 15) is 0 Å². The molecule has 2 N–H and O–H groups in total. The normalized spacial score (nSPS) is 22.4. The van der Waals surface area contributed by atoms with Crippen molar-refractivity contribution in [3.63, 3.8) is 0 Å². The molecule has 0 bridgehead atoms. The molecule has 0 saturated heterocycles. The van der Waals surface area contributed by atoms with Crippen molar-refractivity contribution in [2.45, 2.75) is 44.9 Å². The highest BCUT2D eigenvalue weighted by Crippen LogP contribution is 2.37. The van der Waals surface area contributed by atoms with Crippen molar-refractivity contribution in [1.82, 2.24) is 10.1 Å². The summed E-state index contributed by atoms with van der Waals surface area (Å²) in [7, 11) is 0. The molecule has 1 aliphatic rings. The average Bonchev–Trinajstić information content (AvgIpc) is 2.99.